The second-order valence-corrected chi connectivity index (χ2v) is 8.53. The number of hydrogen-bond donors (Lipinski definition) is 0. The highest BCUT2D eigenvalue weighted by molar-refractivity contribution is 5.91. The van der Waals surface area contributed by atoms with Crippen LogP contribution < -0.4 is 0 Å². The largest absolute Gasteiger partial charge is 0.455 e. The smallest absolute Gasteiger partial charge is 0.341 e. The fourth-order valence-electron chi connectivity index (χ4n) is 4.16. The Balaban J connectivity index is 1.77. The van der Waals surface area contributed by atoms with Gasteiger partial charge < -0.3 is 23.7 Å². The molecule has 0 aromatic rings. The van der Waals surface area contributed by atoms with Crippen LogP contribution in [0.3, 0.4) is 0 Å². The second kappa shape index (κ2) is 7.06. The molecule has 1 aliphatic carbocycles. The summed E-state index contributed by atoms with van der Waals surface area (Å²) in [5.41, 5.74) is 0.648. The first kappa shape index (κ1) is 20.8. The van der Waals surface area contributed by atoms with Crippen molar-refractivity contribution in [3.05, 3.63) is 35.5 Å². The van der Waals surface area contributed by atoms with Crippen molar-refractivity contribution in [2.75, 3.05) is 0 Å². The van der Waals surface area contributed by atoms with Crippen molar-refractivity contribution in [2.45, 2.75) is 76.8 Å². The van der Waals surface area contributed by atoms with Crippen LogP contribution in [0.4, 0.5) is 0 Å². The van der Waals surface area contributed by atoms with Gasteiger partial charge >= 0.3 is 17.9 Å². The van der Waals surface area contributed by atoms with E-state index < -0.39 is 47.7 Å². The summed E-state index contributed by atoms with van der Waals surface area (Å²) in [7, 11) is 0. The summed E-state index contributed by atoms with van der Waals surface area (Å²) >= 11 is 0. The lowest BCUT2D eigenvalue weighted by Crippen LogP contribution is -2.46. The Hall–Kier alpha value is -2.45. The van der Waals surface area contributed by atoms with Crippen LogP contribution in [-0.4, -0.2) is 60.1 Å². The Morgan fingerprint density at radius 3 is 2.37 bits per heavy atom. The minimum absolute atomic E-state index is 0.134. The van der Waals surface area contributed by atoms with Crippen LogP contribution in [-0.2, 0) is 38.1 Å². The van der Waals surface area contributed by atoms with E-state index in [4.69, 9.17) is 23.7 Å². The van der Waals surface area contributed by atoms with Gasteiger partial charge in [0.1, 0.15) is 18.3 Å². The van der Waals surface area contributed by atoms with Gasteiger partial charge in [0, 0.05) is 12.5 Å². The predicted molar refractivity (Wildman–Crippen MR) is 103 cm³/mol. The maximum Gasteiger partial charge on any atom is 0.341 e. The van der Waals surface area contributed by atoms with Crippen LogP contribution in [0.15, 0.2) is 35.5 Å². The standard InChI is InChI=1S/C22H26O8/c1-9-7-14-16(11(3)20(24)28-14)19(29-21(25)22(6)12(4)30-22)18(26-13(5)23)10(2)8-15-17(9)27-15/h7-8,12,14-19H,3H2,1-2,4-6H3/b9-7+,10-8-/t12-,14+,15+,16?,17-,18-,19-,22-/m0/s1. The summed E-state index contributed by atoms with van der Waals surface area (Å²) in [4.78, 5) is 37.2. The lowest BCUT2D eigenvalue weighted by molar-refractivity contribution is -0.172. The van der Waals surface area contributed by atoms with E-state index in [1.165, 1.54) is 6.92 Å². The van der Waals surface area contributed by atoms with E-state index in [-0.39, 0.29) is 23.9 Å². The zero-order chi connectivity index (χ0) is 22.0. The second-order valence-electron chi connectivity index (χ2n) is 8.53. The summed E-state index contributed by atoms with van der Waals surface area (Å²) in [6.07, 6.45) is 0.368. The summed E-state index contributed by atoms with van der Waals surface area (Å²) < 4.78 is 28.1. The minimum Gasteiger partial charge on any atom is -0.455 e. The molecule has 3 heterocycles. The molecule has 3 aliphatic heterocycles. The Kier molecular flexibility index (Phi) is 4.90. The molecule has 0 aromatic carbocycles. The normalized spacial score (nSPS) is 45.6. The van der Waals surface area contributed by atoms with Crippen molar-refractivity contribution in [3.8, 4) is 0 Å². The third kappa shape index (κ3) is 3.48. The van der Waals surface area contributed by atoms with E-state index >= 15 is 0 Å². The molecule has 4 aliphatic rings. The molecule has 8 nitrogen and oxygen atoms in total. The SMILES string of the molecule is C=C1C(=O)O[C@@H]2/C=C(\C)[C@@H]3O[C@@H]3/C=C(/C)[C@H](OC(C)=O)[C@@H](OC(=O)[C@@]3(C)O[C@H]3C)C12. The number of hydrogen-bond acceptors (Lipinski definition) is 8. The molecule has 162 valence electrons. The Labute approximate surface area is 174 Å². The van der Waals surface area contributed by atoms with E-state index in [0.29, 0.717) is 5.57 Å². The van der Waals surface area contributed by atoms with E-state index in [1.54, 1.807) is 26.8 Å². The van der Waals surface area contributed by atoms with Crippen LogP contribution >= 0.6 is 0 Å². The number of epoxide rings is 2. The Bertz CT molecular complexity index is 886. The van der Waals surface area contributed by atoms with E-state index in [2.05, 4.69) is 6.58 Å². The lowest BCUT2D eigenvalue weighted by atomic mass is 9.83. The number of esters is 3. The summed E-state index contributed by atoms with van der Waals surface area (Å²) in [6, 6.07) is 0. The Morgan fingerprint density at radius 1 is 1.13 bits per heavy atom. The van der Waals surface area contributed by atoms with Crippen LogP contribution in [0.25, 0.3) is 0 Å². The predicted octanol–water partition coefficient (Wildman–Crippen LogP) is 1.78. The lowest BCUT2D eigenvalue weighted by Gasteiger charge is -2.33. The summed E-state index contributed by atoms with van der Waals surface area (Å²) in [5.74, 6) is -2.43. The Morgan fingerprint density at radius 2 is 1.77 bits per heavy atom. The molecule has 3 fully saturated rings. The molecule has 0 N–H and O–H groups in total. The first-order valence-electron chi connectivity index (χ1n) is 10.0. The molecule has 8 atom stereocenters. The average Bonchev–Trinajstić information content (AvgIpc) is 3.52. The highest BCUT2D eigenvalue weighted by Crippen LogP contribution is 2.43. The molecule has 3 saturated heterocycles. The van der Waals surface area contributed by atoms with Gasteiger partial charge in [0.05, 0.1) is 12.0 Å². The molecule has 0 bridgehead atoms. The van der Waals surface area contributed by atoms with Gasteiger partial charge in [-0.3, -0.25) is 4.79 Å². The molecule has 8 heteroatoms. The van der Waals surface area contributed by atoms with Crippen molar-refractivity contribution >= 4 is 17.9 Å². The van der Waals surface area contributed by atoms with Gasteiger partial charge in [-0.1, -0.05) is 12.7 Å². The molecule has 4 rings (SSSR count). The third-order valence-electron chi connectivity index (χ3n) is 6.27. The van der Waals surface area contributed by atoms with Crippen molar-refractivity contribution in [2.24, 2.45) is 5.92 Å². The van der Waals surface area contributed by atoms with Crippen molar-refractivity contribution in [3.63, 3.8) is 0 Å². The van der Waals surface area contributed by atoms with Crippen LogP contribution in [0.2, 0.25) is 0 Å². The monoisotopic (exact) mass is 418 g/mol. The van der Waals surface area contributed by atoms with Crippen molar-refractivity contribution in [1.29, 1.82) is 0 Å². The zero-order valence-electron chi connectivity index (χ0n) is 17.7. The maximum atomic E-state index is 12.9. The molecular formula is C22H26O8. The number of carbonyl (C=O) groups is 3. The minimum atomic E-state index is -1.08. The number of ether oxygens (including phenoxy) is 5. The summed E-state index contributed by atoms with van der Waals surface area (Å²) in [5, 5.41) is 0. The molecule has 1 unspecified atom stereocenters. The van der Waals surface area contributed by atoms with Crippen molar-refractivity contribution in [1.82, 2.24) is 0 Å². The molecule has 0 saturated carbocycles. The number of fused-ring (bicyclic) bond motifs is 2. The van der Waals surface area contributed by atoms with E-state index in [1.807, 2.05) is 13.0 Å². The van der Waals surface area contributed by atoms with E-state index in [9.17, 15) is 14.4 Å². The fourth-order valence-corrected chi connectivity index (χ4v) is 4.16. The quantitative estimate of drug-likeness (QED) is 0.225. The van der Waals surface area contributed by atoms with E-state index in [0.717, 1.165) is 5.57 Å². The van der Waals surface area contributed by atoms with Gasteiger partial charge in [0.15, 0.2) is 17.8 Å². The molecule has 0 amide bonds. The first-order chi connectivity index (χ1) is 14.0. The highest BCUT2D eigenvalue weighted by Gasteiger charge is 2.59. The van der Waals surface area contributed by atoms with Gasteiger partial charge in [0.2, 0.25) is 0 Å². The molecular weight excluding hydrogens is 392 g/mol. The fraction of sp³-hybridized carbons (Fsp3) is 0.591. The van der Waals surface area contributed by atoms with Gasteiger partial charge in [-0.15, -0.1) is 0 Å². The third-order valence-corrected chi connectivity index (χ3v) is 6.27. The van der Waals surface area contributed by atoms with Gasteiger partial charge in [-0.25, -0.2) is 9.59 Å². The molecule has 0 spiro atoms. The van der Waals surface area contributed by atoms with Crippen LogP contribution in [0.1, 0.15) is 34.6 Å². The molecule has 30 heavy (non-hydrogen) atoms. The average molecular weight is 418 g/mol. The highest BCUT2D eigenvalue weighted by atomic mass is 16.7. The molecule has 0 aromatic heterocycles. The topological polar surface area (TPSA) is 104 Å². The summed E-state index contributed by atoms with van der Waals surface area (Å²) in [6.45, 7) is 12.2. The van der Waals surface area contributed by atoms with Crippen LogP contribution in [0, 0.1) is 5.92 Å². The molecule has 0 radical (unpaired) electrons. The first-order valence-corrected chi connectivity index (χ1v) is 10.0. The van der Waals surface area contributed by atoms with Gasteiger partial charge in [-0.05, 0) is 44.9 Å². The van der Waals surface area contributed by atoms with Gasteiger partial charge in [0.25, 0.3) is 0 Å². The maximum absolute atomic E-state index is 12.9. The van der Waals surface area contributed by atoms with Crippen LogP contribution in [0.5, 0.6) is 0 Å². The van der Waals surface area contributed by atoms with Gasteiger partial charge in [-0.2, -0.15) is 0 Å². The number of carbonyl (C=O) groups excluding carboxylic acids is 3. The zero-order valence-corrected chi connectivity index (χ0v) is 17.7. The number of rotatable bonds is 3. The van der Waals surface area contributed by atoms with Crippen molar-refractivity contribution < 1.29 is 38.1 Å².